The Kier molecular flexibility index (Phi) is 10.5. The molecule has 42 heavy (non-hydrogen) atoms. The van der Waals surface area contributed by atoms with E-state index in [9.17, 15) is 18.3 Å². The zero-order valence-electron chi connectivity index (χ0n) is 24.0. The number of aliphatic hydroxyl groups is 1. The maximum absolute atomic E-state index is 13.9. The van der Waals surface area contributed by atoms with Gasteiger partial charge >= 0.3 is 6.09 Å². The molecule has 2 heterocycles. The van der Waals surface area contributed by atoms with Crippen LogP contribution in [0.2, 0.25) is 0 Å². The van der Waals surface area contributed by atoms with Gasteiger partial charge in [-0.25, -0.2) is 13.2 Å². The number of nitrogens with two attached hydrogens (primary N) is 1. The van der Waals surface area contributed by atoms with Crippen LogP contribution in [0.15, 0.2) is 59.5 Å². The number of nitrogen functional groups attached to an aromatic ring is 1. The van der Waals surface area contributed by atoms with Gasteiger partial charge in [0.25, 0.3) is 0 Å². The summed E-state index contributed by atoms with van der Waals surface area (Å²) in [5.74, 6) is -0.0529. The summed E-state index contributed by atoms with van der Waals surface area (Å²) in [7, 11) is -4.10. The van der Waals surface area contributed by atoms with Crippen molar-refractivity contribution in [2.75, 3.05) is 32.0 Å². The molecule has 2 aliphatic heterocycles. The molecule has 5 atom stereocenters. The number of rotatable bonds is 13. The fraction of sp³-hybridized carbons (Fsp3) is 0.533. The Bertz CT molecular complexity index is 1350. The summed E-state index contributed by atoms with van der Waals surface area (Å²) in [6.07, 6.45) is -1.23. The number of nitrogens with one attached hydrogen (secondary N) is 1. The van der Waals surface area contributed by atoms with Crippen LogP contribution < -0.4 is 11.1 Å². The van der Waals surface area contributed by atoms with Crippen molar-refractivity contribution in [1.82, 2.24) is 9.62 Å². The van der Waals surface area contributed by atoms with Gasteiger partial charge in [0, 0.05) is 25.2 Å². The van der Waals surface area contributed by atoms with Crippen LogP contribution >= 0.6 is 0 Å². The molecule has 2 aromatic carbocycles. The minimum atomic E-state index is -4.10. The van der Waals surface area contributed by atoms with E-state index in [1.54, 1.807) is 12.1 Å². The Labute approximate surface area is 247 Å². The number of alkyl carbamates (subject to hydrolysis) is 1. The van der Waals surface area contributed by atoms with Crippen LogP contribution in [0.4, 0.5) is 10.5 Å². The van der Waals surface area contributed by atoms with Gasteiger partial charge in [0.1, 0.15) is 6.10 Å². The lowest BCUT2D eigenvalue weighted by Gasteiger charge is -2.35. The molecule has 2 saturated heterocycles. The van der Waals surface area contributed by atoms with Crippen LogP contribution in [0.5, 0.6) is 0 Å². The first-order valence-electron chi connectivity index (χ1n) is 14.1. The van der Waals surface area contributed by atoms with Crippen molar-refractivity contribution in [3.63, 3.8) is 0 Å². The topological polar surface area (TPSA) is 164 Å². The number of anilines is 1. The van der Waals surface area contributed by atoms with Crippen LogP contribution in [-0.4, -0.2) is 74.8 Å². The average molecular weight is 601 g/mol. The minimum Gasteiger partial charge on any atom is -0.443 e. The molecule has 0 saturated carbocycles. The molecule has 4 rings (SSSR count). The highest BCUT2D eigenvalue weighted by Crippen LogP contribution is 2.33. The number of fused-ring (bicyclic) bond motifs is 1. The van der Waals surface area contributed by atoms with Crippen LogP contribution in [0.25, 0.3) is 0 Å². The summed E-state index contributed by atoms with van der Waals surface area (Å²) in [6, 6.07) is 16.5. The van der Waals surface area contributed by atoms with Crippen LogP contribution in [0.3, 0.4) is 0 Å². The number of sulfonamides is 1. The van der Waals surface area contributed by atoms with E-state index in [1.165, 1.54) is 16.4 Å². The number of carbonyl (C=O) groups excluding carboxylic acids is 1. The van der Waals surface area contributed by atoms with Gasteiger partial charge in [-0.05, 0) is 48.4 Å². The standard InChI is InChI=1S/C30H40N4O7S/c1-30(2,13-7-14-31)20-34(42(37,38)23-11-6-10-22(32)17-23)18-26(35)25(16-21-8-4-3-5-9-21)33-29(36)41-27-19-40-28-24(27)12-15-39-28/h3-6,8-11,17,24-28,35H,7,12-13,15-16,18-20,32H2,1-2H3,(H,33,36). The highest BCUT2D eigenvalue weighted by atomic mass is 32.2. The van der Waals surface area contributed by atoms with Gasteiger partial charge in [0.05, 0.1) is 42.2 Å². The lowest BCUT2D eigenvalue weighted by molar-refractivity contribution is -0.0907. The third-order valence-electron chi connectivity index (χ3n) is 7.71. The van der Waals surface area contributed by atoms with E-state index in [1.807, 2.05) is 44.2 Å². The predicted octanol–water partition coefficient (Wildman–Crippen LogP) is 3.05. The molecule has 2 fully saturated rings. The van der Waals surface area contributed by atoms with E-state index in [4.69, 9.17) is 25.2 Å². The van der Waals surface area contributed by atoms with Gasteiger partial charge in [0.2, 0.25) is 10.0 Å². The van der Waals surface area contributed by atoms with Crippen molar-refractivity contribution in [3.05, 3.63) is 60.2 Å². The first kappa shape index (κ1) is 31.7. The smallest absolute Gasteiger partial charge is 0.407 e. The number of nitriles is 1. The molecule has 11 nitrogen and oxygen atoms in total. The molecule has 5 unspecified atom stereocenters. The van der Waals surface area contributed by atoms with E-state index in [0.717, 1.165) is 12.0 Å². The number of benzene rings is 2. The van der Waals surface area contributed by atoms with Crippen molar-refractivity contribution in [3.8, 4) is 6.07 Å². The number of aliphatic hydroxyl groups excluding tert-OH is 1. The Morgan fingerprint density at radius 3 is 2.71 bits per heavy atom. The largest absolute Gasteiger partial charge is 0.443 e. The lowest BCUT2D eigenvalue weighted by atomic mass is 9.88. The Balaban J connectivity index is 1.56. The molecular weight excluding hydrogens is 560 g/mol. The molecule has 0 aliphatic carbocycles. The summed E-state index contributed by atoms with van der Waals surface area (Å²) < 4.78 is 45.7. The zero-order valence-corrected chi connectivity index (χ0v) is 24.8. The van der Waals surface area contributed by atoms with E-state index < -0.39 is 39.8 Å². The normalized spacial score (nSPS) is 21.8. The molecule has 0 bridgehead atoms. The molecule has 0 radical (unpaired) electrons. The molecule has 0 aromatic heterocycles. The molecule has 12 heteroatoms. The van der Waals surface area contributed by atoms with Gasteiger partial charge in [0.15, 0.2) is 6.29 Å². The van der Waals surface area contributed by atoms with Gasteiger partial charge in [-0.1, -0.05) is 50.2 Å². The number of hydrogen-bond donors (Lipinski definition) is 3. The Morgan fingerprint density at radius 1 is 1.24 bits per heavy atom. The summed E-state index contributed by atoms with van der Waals surface area (Å²) in [5.41, 5.74) is 6.45. The minimum absolute atomic E-state index is 0.00710. The highest BCUT2D eigenvalue weighted by Gasteiger charge is 2.44. The van der Waals surface area contributed by atoms with E-state index in [0.29, 0.717) is 13.0 Å². The molecular formula is C30H40N4O7S. The third-order valence-corrected chi connectivity index (χ3v) is 9.52. The first-order chi connectivity index (χ1) is 20.0. The molecule has 0 spiro atoms. The number of nitrogens with zero attached hydrogens (tertiary/aromatic N) is 2. The first-order valence-corrected chi connectivity index (χ1v) is 15.6. The number of ether oxygens (including phenoxy) is 3. The van der Waals surface area contributed by atoms with Crippen LogP contribution in [-0.2, 0) is 30.7 Å². The maximum atomic E-state index is 13.9. The second-order valence-electron chi connectivity index (χ2n) is 11.7. The van der Waals surface area contributed by atoms with Gasteiger partial charge in [-0.2, -0.15) is 9.57 Å². The second-order valence-corrected chi connectivity index (χ2v) is 13.6. The molecule has 228 valence electrons. The van der Waals surface area contributed by atoms with E-state index in [2.05, 4.69) is 11.4 Å². The van der Waals surface area contributed by atoms with E-state index in [-0.39, 0.29) is 55.3 Å². The van der Waals surface area contributed by atoms with Crippen molar-refractivity contribution in [1.29, 1.82) is 5.26 Å². The molecule has 1 amide bonds. The fourth-order valence-electron chi connectivity index (χ4n) is 5.38. The average Bonchev–Trinajstić information content (AvgIpc) is 3.57. The molecule has 4 N–H and O–H groups in total. The van der Waals surface area contributed by atoms with E-state index >= 15 is 0 Å². The van der Waals surface area contributed by atoms with Gasteiger partial charge in [-0.15, -0.1) is 0 Å². The number of carbonyl (C=O) groups is 1. The quantitative estimate of drug-likeness (QED) is 0.293. The summed E-state index contributed by atoms with van der Waals surface area (Å²) in [5, 5.41) is 23.4. The lowest BCUT2D eigenvalue weighted by Crippen LogP contribution is -2.52. The number of amides is 1. The second kappa shape index (κ2) is 13.8. The third kappa shape index (κ3) is 8.20. The molecule has 2 aromatic rings. The summed E-state index contributed by atoms with van der Waals surface area (Å²) in [4.78, 5) is 13.1. The summed E-state index contributed by atoms with van der Waals surface area (Å²) >= 11 is 0. The SMILES string of the molecule is CC(C)(CCC#N)CN(CC(O)C(Cc1ccccc1)NC(=O)OC1COC2OCCC12)S(=O)(=O)c1cccc(N)c1. The predicted molar refractivity (Wildman–Crippen MR) is 155 cm³/mol. The highest BCUT2D eigenvalue weighted by molar-refractivity contribution is 7.89. The number of hydrogen-bond acceptors (Lipinski definition) is 9. The van der Waals surface area contributed by atoms with Crippen molar-refractivity contribution >= 4 is 21.8 Å². The summed E-state index contributed by atoms with van der Waals surface area (Å²) in [6.45, 7) is 4.23. The Morgan fingerprint density at radius 2 is 2.00 bits per heavy atom. The monoisotopic (exact) mass is 600 g/mol. The van der Waals surface area contributed by atoms with Crippen LogP contribution in [0, 0.1) is 22.7 Å². The van der Waals surface area contributed by atoms with Crippen molar-refractivity contribution in [2.24, 2.45) is 11.3 Å². The van der Waals surface area contributed by atoms with Crippen molar-refractivity contribution in [2.45, 2.75) is 69.0 Å². The van der Waals surface area contributed by atoms with Gasteiger partial charge in [-0.3, -0.25) is 0 Å². The maximum Gasteiger partial charge on any atom is 0.407 e. The zero-order chi connectivity index (χ0) is 30.3. The fourth-order valence-corrected chi connectivity index (χ4v) is 7.08. The van der Waals surface area contributed by atoms with Crippen molar-refractivity contribution < 1.29 is 32.5 Å². The molecule has 2 aliphatic rings. The van der Waals surface area contributed by atoms with Crippen LogP contribution in [0.1, 0.15) is 38.7 Å². The van der Waals surface area contributed by atoms with Gasteiger partial charge < -0.3 is 30.4 Å². The Hall–Kier alpha value is -3.21.